The van der Waals surface area contributed by atoms with E-state index >= 15 is 0 Å². The van der Waals surface area contributed by atoms with E-state index in [1.807, 2.05) is 61.5 Å². The van der Waals surface area contributed by atoms with Crippen LogP contribution in [0.4, 0.5) is 21.0 Å². The van der Waals surface area contributed by atoms with Crippen LogP contribution in [0.25, 0.3) is 0 Å². The van der Waals surface area contributed by atoms with Crippen molar-refractivity contribution in [1.29, 1.82) is 0 Å². The highest BCUT2D eigenvalue weighted by molar-refractivity contribution is 6.07. The summed E-state index contributed by atoms with van der Waals surface area (Å²) in [6, 6.07) is 20.4. The van der Waals surface area contributed by atoms with Gasteiger partial charge < -0.3 is 30.7 Å². The molecule has 2 aliphatic rings. The van der Waals surface area contributed by atoms with E-state index in [0.29, 0.717) is 29.5 Å². The van der Waals surface area contributed by atoms with Crippen LogP contribution >= 0.6 is 12.4 Å². The maximum absolute atomic E-state index is 14.1. The third-order valence-electron chi connectivity index (χ3n) is 8.95. The van der Waals surface area contributed by atoms with Crippen LogP contribution < -0.4 is 20.7 Å². The van der Waals surface area contributed by atoms with Gasteiger partial charge in [-0.2, -0.15) is 0 Å². The van der Waals surface area contributed by atoms with Crippen molar-refractivity contribution < 1.29 is 29.0 Å². The molecule has 11 nitrogen and oxygen atoms in total. The third kappa shape index (κ3) is 8.45. The molecule has 4 N–H and O–H groups in total. The number of nitrogens with one attached hydrogen (secondary N) is 3. The van der Waals surface area contributed by atoms with Crippen LogP contribution in [-0.2, 0) is 16.1 Å². The molecule has 1 saturated carbocycles. The largest absolute Gasteiger partial charge is 0.495 e. The predicted molar refractivity (Wildman–Crippen MR) is 186 cm³/mol. The number of methoxy groups -OCH3 is 1. The lowest BCUT2D eigenvalue weighted by Gasteiger charge is -2.29. The van der Waals surface area contributed by atoms with Crippen molar-refractivity contribution in [2.45, 2.75) is 70.6 Å². The van der Waals surface area contributed by atoms with Gasteiger partial charge in [0.1, 0.15) is 11.3 Å². The van der Waals surface area contributed by atoms with Crippen molar-refractivity contribution in [3.05, 3.63) is 89.5 Å². The molecule has 3 aromatic carbocycles. The first-order valence-electron chi connectivity index (χ1n) is 15.9. The molecule has 1 saturated heterocycles. The van der Waals surface area contributed by atoms with Crippen LogP contribution in [0.5, 0.6) is 5.75 Å². The van der Waals surface area contributed by atoms with Gasteiger partial charge in [-0.25, -0.2) is 9.59 Å². The van der Waals surface area contributed by atoms with E-state index in [0.717, 1.165) is 29.5 Å². The van der Waals surface area contributed by atoms with Gasteiger partial charge in [0.15, 0.2) is 0 Å². The zero-order valence-corrected chi connectivity index (χ0v) is 28.5. The van der Waals surface area contributed by atoms with E-state index in [1.54, 1.807) is 36.9 Å². The number of aliphatic carboxylic acids is 1. The van der Waals surface area contributed by atoms with Gasteiger partial charge in [-0.1, -0.05) is 67.4 Å². The Balaban J connectivity index is 0.00000520. The minimum absolute atomic E-state index is 0. The number of imide groups is 1. The third-order valence-corrected chi connectivity index (χ3v) is 8.95. The molecule has 5 rings (SSSR count). The second kappa shape index (κ2) is 15.5. The average molecular weight is 678 g/mol. The van der Waals surface area contributed by atoms with E-state index in [1.165, 1.54) is 12.0 Å². The van der Waals surface area contributed by atoms with Crippen LogP contribution in [0.15, 0.2) is 72.8 Å². The number of benzene rings is 3. The highest BCUT2D eigenvalue weighted by Crippen LogP contribution is 2.39. The number of carbonyl (C=O) groups is 4. The second-order valence-corrected chi connectivity index (χ2v) is 12.8. The molecule has 256 valence electrons. The van der Waals surface area contributed by atoms with Crippen LogP contribution in [0.2, 0.25) is 0 Å². The number of aryl methyl sites for hydroxylation is 1. The monoisotopic (exact) mass is 677 g/mol. The summed E-state index contributed by atoms with van der Waals surface area (Å²) in [4.78, 5) is 55.3. The molecule has 48 heavy (non-hydrogen) atoms. The highest BCUT2D eigenvalue weighted by Gasteiger charge is 2.53. The average Bonchev–Trinajstić information content (AvgIpc) is 3.85. The van der Waals surface area contributed by atoms with Gasteiger partial charge in [0, 0.05) is 24.8 Å². The van der Waals surface area contributed by atoms with Crippen LogP contribution in [0.3, 0.4) is 0 Å². The van der Waals surface area contributed by atoms with E-state index in [-0.39, 0.29) is 43.9 Å². The first kappa shape index (κ1) is 36.2. The summed E-state index contributed by atoms with van der Waals surface area (Å²) in [7, 11) is 1.50. The molecule has 2 unspecified atom stereocenters. The summed E-state index contributed by atoms with van der Waals surface area (Å²) in [6.07, 6.45) is 2.61. The van der Waals surface area contributed by atoms with Gasteiger partial charge in [-0.3, -0.25) is 14.5 Å². The maximum atomic E-state index is 14.1. The number of halogens is 1. The van der Waals surface area contributed by atoms with Crippen molar-refractivity contribution in [3.63, 3.8) is 0 Å². The van der Waals surface area contributed by atoms with E-state index in [9.17, 15) is 24.3 Å². The standard InChI is InChI=1S/C36H43N5O6.ClH/c1-23-10-8-9-13-28(23)38-34(45)39-29-17-16-25(19-31(29)47-4)22-40-35(46)41(33(44)36(40,2)3)27(18-24-14-15-24)21-37-30(20-32(42)43)26-11-6-5-7-12-26;/h5-13,16-17,19,24,27,30,37H,14-15,18,20-22H2,1-4H3,(H,42,43)(H2,38,39,45);1H. The molecule has 1 aliphatic heterocycles. The molecule has 0 aromatic heterocycles. The second-order valence-electron chi connectivity index (χ2n) is 12.8. The smallest absolute Gasteiger partial charge is 0.328 e. The van der Waals surface area contributed by atoms with Crippen molar-refractivity contribution in [1.82, 2.24) is 15.1 Å². The number of amides is 5. The van der Waals surface area contributed by atoms with E-state index in [2.05, 4.69) is 16.0 Å². The van der Waals surface area contributed by atoms with Gasteiger partial charge >= 0.3 is 18.0 Å². The molecule has 1 heterocycles. The zero-order chi connectivity index (χ0) is 33.7. The SMILES string of the molecule is COc1cc(CN2C(=O)N(C(CNC(CC(=O)O)c3ccccc3)CC3CC3)C(=O)C2(C)C)ccc1NC(=O)Nc1ccccc1C.Cl. The number of para-hydroxylation sites is 1. The van der Waals surface area contributed by atoms with Gasteiger partial charge in [-0.05, 0) is 68.0 Å². The highest BCUT2D eigenvalue weighted by atomic mass is 35.5. The normalized spacial score (nSPS) is 16.6. The number of hydrogen-bond acceptors (Lipinski definition) is 6. The van der Waals surface area contributed by atoms with Crippen LogP contribution in [0.1, 0.15) is 62.3 Å². The lowest BCUT2D eigenvalue weighted by molar-refractivity contribution is -0.138. The summed E-state index contributed by atoms with van der Waals surface area (Å²) in [5, 5.41) is 18.6. The van der Waals surface area contributed by atoms with Gasteiger partial charge in [0.25, 0.3) is 5.91 Å². The summed E-state index contributed by atoms with van der Waals surface area (Å²) >= 11 is 0. The van der Waals surface area contributed by atoms with E-state index < -0.39 is 29.6 Å². The number of urea groups is 2. The molecule has 1 aliphatic carbocycles. The quantitative estimate of drug-likeness (QED) is 0.141. The fourth-order valence-corrected chi connectivity index (χ4v) is 6.03. The van der Waals surface area contributed by atoms with Crippen molar-refractivity contribution in [3.8, 4) is 5.75 Å². The first-order chi connectivity index (χ1) is 22.5. The molecule has 5 amide bonds. The fourth-order valence-electron chi connectivity index (χ4n) is 6.03. The Morgan fingerprint density at radius 2 is 1.65 bits per heavy atom. The lowest BCUT2D eigenvalue weighted by atomic mass is 10.0. The fraction of sp³-hybridized carbons (Fsp3) is 0.389. The van der Waals surface area contributed by atoms with Gasteiger partial charge in [0.05, 0.1) is 25.3 Å². The zero-order valence-electron chi connectivity index (χ0n) is 27.7. The molecular weight excluding hydrogens is 634 g/mol. The number of hydrogen-bond donors (Lipinski definition) is 4. The minimum Gasteiger partial charge on any atom is -0.495 e. The summed E-state index contributed by atoms with van der Waals surface area (Å²) < 4.78 is 5.58. The van der Waals surface area contributed by atoms with Gasteiger partial charge in [-0.15, -0.1) is 12.4 Å². The Bertz CT molecular complexity index is 1630. The number of carboxylic acid groups (broad SMARTS) is 1. The van der Waals surface area contributed by atoms with Crippen molar-refractivity contribution in [2.24, 2.45) is 5.92 Å². The molecule has 12 heteroatoms. The molecule has 0 bridgehead atoms. The number of ether oxygens (including phenoxy) is 1. The van der Waals surface area contributed by atoms with Crippen molar-refractivity contribution in [2.75, 3.05) is 24.3 Å². The summed E-state index contributed by atoms with van der Waals surface area (Å²) in [6.45, 7) is 5.83. The van der Waals surface area contributed by atoms with Crippen molar-refractivity contribution >= 4 is 47.7 Å². The Hall–Kier alpha value is -4.61. The molecular formula is C36H44ClN5O6. The summed E-state index contributed by atoms with van der Waals surface area (Å²) in [5.41, 5.74) is 2.52. The number of carboxylic acids is 1. The first-order valence-corrected chi connectivity index (χ1v) is 15.9. The number of nitrogens with zero attached hydrogens (tertiary/aromatic N) is 2. The van der Waals surface area contributed by atoms with E-state index in [4.69, 9.17) is 4.74 Å². The maximum Gasteiger partial charge on any atom is 0.328 e. The molecule has 2 atom stereocenters. The molecule has 0 radical (unpaired) electrons. The van der Waals surface area contributed by atoms with Gasteiger partial charge in [0.2, 0.25) is 0 Å². The molecule has 2 fully saturated rings. The predicted octanol–water partition coefficient (Wildman–Crippen LogP) is 6.59. The van der Waals surface area contributed by atoms with Crippen LogP contribution in [-0.4, -0.2) is 64.1 Å². The Morgan fingerprint density at radius 3 is 2.29 bits per heavy atom. The minimum atomic E-state index is -1.11. The number of carbonyl (C=O) groups excluding carboxylic acids is 3. The number of anilines is 2. The Morgan fingerprint density at radius 1 is 0.979 bits per heavy atom. The van der Waals surface area contributed by atoms with Crippen LogP contribution in [0, 0.1) is 12.8 Å². The molecule has 0 spiro atoms. The summed E-state index contributed by atoms with van der Waals surface area (Å²) in [5.74, 6) is -0.394. The lowest BCUT2D eigenvalue weighted by Crippen LogP contribution is -2.48. The Labute approximate surface area is 287 Å². The Kier molecular flexibility index (Phi) is 11.7. The topological polar surface area (TPSA) is 140 Å². The molecule has 3 aromatic rings. The number of rotatable bonds is 14.